The van der Waals surface area contributed by atoms with Crippen molar-refractivity contribution in [3.8, 4) is 0 Å². The maximum atomic E-state index is 12.8. The Bertz CT molecular complexity index is 1040. The third kappa shape index (κ3) is 50.9. The van der Waals surface area contributed by atoms with Crippen molar-refractivity contribution in [1.29, 1.82) is 0 Å². The van der Waals surface area contributed by atoms with Gasteiger partial charge in [-0.2, -0.15) is 0 Å². The molecule has 1 unspecified atom stereocenters. The second-order valence-corrected chi connectivity index (χ2v) is 19.2. The Kier molecular flexibility index (Phi) is 51.7. The third-order valence-electron chi connectivity index (χ3n) is 12.7. The monoisotopic (exact) mass is 901 g/mol. The van der Waals surface area contributed by atoms with Crippen LogP contribution in [0.4, 0.5) is 0 Å². The molecule has 0 saturated carbocycles. The van der Waals surface area contributed by atoms with Crippen molar-refractivity contribution < 1.29 is 28.6 Å². The molecule has 6 nitrogen and oxygen atoms in total. The molecule has 0 bridgehead atoms. The number of carbonyl (C=O) groups excluding carboxylic acids is 3. The minimum absolute atomic E-state index is 0.0705. The van der Waals surface area contributed by atoms with E-state index < -0.39 is 6.10 Å². The molecule has 0 aromatic heterocycles. The number of carbonyl (C=O) groups is 3. The number of rotatable bonds is 52. The fourth-order valence-electron chi connectivity index (χ4n) is 8.37. The van der Waals surface area contributed by atoms with Crippen molar-refractivity contribution in [1.82, 2.24) is 0 Å². The maximum Gasteiger partial charge on any atom is 0.306 e. The molecule has 0 aromatic rings. The third-order valence-corrected chi connectivity index (χ3v) is 12.7. The average molecular weight is 901 g/mol. The molecule has 0 aliphatic heterocycles. The van der Waals surface area contributed by atoms with Crippen LogP contribution in [0, 0.1) is 0 Å². The van der Waals surface area contributed by atoms with Gasteiger partial charge in [0.15, 0.2) is 6.10 Å². The predicted octanol–water partition coefficient (Wildman–Crippen LogP) is 18.7. The zero-order chi connectivity index (χ0) is 46.5. The summed E-state index contributed by atoms with van der Waals surface area (Å²) >= 11 is 0. The molecule has 1 atom stereocenters. The lowest BCUT2D eigenvalue weighted by Gasteiger charge is -2.18. The van der Waals surface area contributed by atoms with E-state index in [0.29, 0.717) is 19.3 Å². The number of esters is 3. The molecule has 0 aliphatic rings. The molecule has 0 spiro atoms. The highest BCUT2D eigenvalue weighted by molar-refractivity contribution is 5.71. The summed E-state index contributed by atoms with van der Waals surface area (Å²) in [6.45, 7) is 6.65. The highest BCUT2D eigenvalue weighted by Gasteiger charge is 2.19. The van der Waals surface area contributed by atoms with Crippen LogP contribution in [0.25, 0.3) is 0 Å². The summed E-state index contributed by atoms with van der Waals surface area (Å²) in [5.74, 6) is -0.864. The Hall–Kier alpha value is -2.11. The van der Waals surface area contributed by atoms with Crippen LogP contribution in [-0.2, 0) is 28.6 Å². The van der Waals surface area contributed by atoms with Gasteiger partial charge in [0.25, 0.3) is 0 Å². The fourth-order valence-corrected chi connectivity index (χ4v) is 8.37. The molecular formula is C58H108O6. The number of allylic oxidation sites excluding steroid dienone is 4. The van der Waals surface area contributed by atoms with Gasteiger partial charge < -0.3 is 14.2 Å². The molecule has 0 saturated heterocycles. The SMILES string of the molecule is CCCCCCCC/C=C\CCCCCCCCCC(=O)OC(COC(=O)CCCCCCCCC/C=C\CCCCCCCCCC)COC(=O)CCCCCCCCCCCC. The molecule has 0 aliphatic carbocycles. The maximum absolute atomic E-state index is 12.8. The minimum atomic E-state index is -0.770. The van der Waals surface area contributed by atoms with Gasteiger partial charge in [0.2, 0.25) is 0 Å². The summed E-state index contributed by atoms with van der Waals surface area (Å²) in [5, 5.41) is 0. The molecule has 0 heterocycles. The van der Waals surface area contributed by atoms with Gasteiger partial charge in [0, 0.05) is 19.3 Å². The Labute approximate surface area is 398 Å². The van der Waals surface area contributed by atoms with Gasteiger partial charge >= 0.3 is 17.9 Å². The highest BCUT2D eigenvalue weighted by Crippen LogP contribution is 2.16. The average Bonchev–Trinajstić information content (AvgIpc) is 3.29. The van der Waals surface area contributed by atoms with E-state index in [4.69, 9.17) is 14.2 Å². The standard InChI is InChI=1S/C58H108O6/c1-4-7-10-13-16-19-22-24-26-28-29-31-32-34-36-39-42-45-48-51-57(60)63-54-55(53-62-56(59)50-47-44-41-38-21-18-15-12-9-6-3)64-58(61)52-49-46-43-40-37-35-33-30-27-25-23-20-17-14-11-8-5-2/h25,27-29,55H,4-24,26,30-54H2,1-3H3/b27-25-,29-28-. The molecule has 0 N–H and O–H groups in total. The quantitative estimate of drug-likeness (QED) is 0.0262. The van der Waals surface area contributed by atoms with Crippen molar-refractivity contribution in [2.24, 2.45) is 0 Å². The van der Waals surface area contributed by atoms with Crippen LogP contribution in [0.1, 0.15) is 310 Å². The zero-order valence-electron chi connectivity index (χ0n) is 43.1. The first-order valence-corrected chi connectivity index (χ1v) is 28.3. The summed E-state index contributed by atoms with van der Waals surface area (Å²) in [7, 11) is 0. The van der Waals surface area contributed by atoms with Crippen LogP contribution in [0.2, 0.25) is 0 Å². The molecule has 0 rings (SSSR count). The molecule has 0 amide bonds. The van der Waals surface area contributed by atoms with Crippen LogP contribution < -0.4 is 0 Å². The second-order valence-electron chi connectivity index (χ2n) is 19.2. The molecule has 376 valence electrons. The first kappa shape index (κ1) is 61.9. The summed E-state index contributed by atoms with van der Waals surface area (Å²) in [4.78, 5) is 38.0. The van der Waals surface area contributed by atoms with Gasteiger partial charge in [-0.15, -0.1) is 0 Å². The second kappa shape index (κ2) is 53.5. The van der Waals surface area contributed by atoms with Gasteiger partial charge in [-0.3, -0.25) is 14.4 Å². The van der Waals surface area contributed by atoms with Crippen molar-refractivity contribution in [2.45, 2.75) is 316 Å². The van der Waals surface area contributed by atoms with Gasteiger partial charge in [-0.1, -0.05) is 244 Å². The van der Waals surface area contributed by atoms with Gasteiger partial charge in [-0.25, -0.2) is 0 Å². The van der Waals surface area contributed by atoms with Crippen molar-refractivity contribution in [3.63, 3.8) is 0 Å². The zero-order valence-corrected chi connectivity index (χ0v) is 43.1. The first-order chi connectivity index (χ1) is 31.5. The summed E-state index contributed by atoms with van der Waals surface area (Å²) in [6, 6.07) is 0. The van der Waals surface area contributed by atoms with Crippen molar-refractivity contribution >= 4 is 17.9 Å². The van der Waals surface area contributed by atoms with Crippen LogP contribution in [0.3, 0.4) is 0 Å². The van der Waals surface area contributed by atoms with E-state index in [-0.39, 0.29) is 31.1 Å². The van der Waals surface area contributed by atoms with E-state index in [1.165, 1.54) is 212 Å². The van der Waals surface area contributed by atoms with Crippen LogP contribution in [-0.4, -0.2) is 37.2 Å². The first-order valence-electron chi connectivity index (χ1n) is 28.3. The lowest BCUT2D eigenvalue weighted by molar-refractivity contribution is -0.167. The molecule has 64 heavy (non-hydrogen) atoms. The summed E-state index contributed by atoms with van der Waals surface area (Å²) < 4.78 is 16.8. The Morgan fingerprint density at radius 2 is 0.516 bits per heavy atom. The normalized spacial score (nSPS) is 12.1. The van der Waals surface area contributed by atoms with Crippen LogP contribution in [0.15, 0.2) is 24.3 Å². The lowest BCUT2D eigenvalue weighted by atomic mass is 10.1. The summed E-state index contributed by atoms with van der Waals surface area (Å²) in [5.41, 5.74) is 0. The highest BCUT2D eigenvalue weighted by atomic mass is 16.6. The lowest BCUT2D eigenvalue weighted by Crippen LogP contribution is -2.30. The van der Waals surface area contributed by atoms with E-state index >= 15 is 0 Å². The molecule has 0 radical (unpaired) electrons. The number of hydrogen-bond donors (Lipinski definition) is 0. The van der Waals surface area contributed by atoms with Crippen molar-refractivity contribution in [2.75, 3.05) is 13.2 Å². The van der Waals surface area contributed by atoms with E-state index in [0.717, 1.165) is 57.8 Å². The number of ether oxygens (including phenoxy) is 3. The topological polar surface area (TPSA) is 78.9 Å². The summed E-state index contributed by atoms with van der Waals surface area (Å²) in [6.07, 6.45) is 61.7. The van der Waals surface area contributed by atoms with Gasteiger partial charge in [0.05, 0.1) is 0 Å². The van der Waals surface area contributed by atoms with E-state index in [2.05, 4.69) is 45.1 Å². The number of unbranched alkanes of at least 4 members (excludes halogenated alkanes) is 37. The number of hydrogen-bond acceptors (Lipinski definition) is 6. The molecule has 0 aromatic carbocycles. The smallest absolute Gasteiger partial charge is 0.306 e. The van der Waals surface area contributed by atoms with Crippen LogP contribution >= 0.6 is 0 Å². The van der Waals surface area contributed by atoms with Crippen molar-refractivity contribution in [3.05, 3.63) is 24.3 Å². The largest absolute Gasteiger partial charge is 0.462 e. The van der Waals surface area contributed by atoms with E-state index in [1.54, 1.807) is 0 Å². The molecule has 6 heteroatoms. The Balaban J connectivity index is 4.28. The van der Waals surface area contributed by atoms with Crippen LogP contribution in [0.5, 0.6) is 0 Å². The Morgan fingerprint density at radius 1 is 0.297 bits per heavy atom. The molecular weight excluding hydrogens is 793 g/mol. The minimum Gasteiger partial charge on any atom is -0.462 e. The Morgan fingerprint density at radius 3 is 0.781 bits per heavy atom. The van der Waals surface area contributed by atoms with Gasteiger partial charge in [-0.05, 0) is 70.6 Å². The fraction of sp³-hybridized carbons (Fsp3) is 0.879. The van der Waals surface area contributed by atoms with E-state index in [9.17, 15) is 14.4 Å². The van der Waals surface area contributed by atoms with E-state index in [1.807, 2.05) is 0 Å². The predicted molar refractivity (Wildman–Crippen MR) is 275 cm³/mol. The molecule has 0 fully saturated rings. The van der Waals surface area contributed by atoms with Gasteiger partial charge in [0.1, 0.15) is 13.2 Å².